The van der Waals surface area contributed by atoms with Crippen molar-refractivity contribution in [2.45, 2.75) is 20.4 Å². The number of benzene rings is 1. The first-order chi connectivity index (χ1) is 11.5. The summed E-state index contributed by atoms with van der Waals surface area (Å²) >= 11 is 0. The van der Waals surface area contributed by atoms with Crippen molar-refractivity contribution in [2.75, 3.05) is 18.0 Å². The number of aryl methyl sites for hydroxylation is 1. The Labute approximate surface area is 140 Å². The number of nitrogens with zero attached hydrogens (tertiary/aromatic N) is 2. The van der Waals surface area contributed by atoms with Gasteiger partial charge in [0.25, 0.3) is 5.91 Å². The van der Waals surface area contributed by atoms with Gasteiger partial charge in [0, 0.05) is 38.9 Å². The average molecular weight is 331 g/mol. The summed E-state index contributed by atoms with van der Waals surface area (Å²) in [5, 5.41) is 2.73. The second-order valence-corrected chi connectivity index (χ2v) is 5.51. The molecule has 0 aliphatic rings. The number of carbonyl (C=O) groups excluding carboxylic acids is 1. The molecule has 0 saturated heterocycles. The molecule has 0 spiro atoms. The van der Waals surface area contributed by atoms with Crippen LogP contribution in [0.15, 0.2) is 41.3 Å². The highest BCUT2D eigenvalue weighted by molar-refractivity contribution is 5.93. The number of hydrogen-bond donors (Lipinski definition) is 1. The Balaban J connectivity index is 2.06. The molecule has 0 aliphatic carbocycles. The van der Waals surface area contributed by atoms with Crippen molar-refractivity contribution >= 4 is 11.6 Å². The third-order valence-corrected chi connectivity index (χ3v) is 3.92. The molecule has 128 valence electrons. The second kappa shape index (κ2) is 7.77. The van der Waals surface area contributed by atoms with Gasteiger partial charge in [-0.3, -0.25) is 9.59 Å². The molecule has 1 aromatic heterocycles. The first kappa shape index (κ1) is 17.7. The molecule has 0 unspecified atom stereocenters. The van der Waals surface area contributed by atoms with E-state index in [0.29, 0.717) is 16.8 Å². The lowest BCUT2D eigenvalue weighted by Crippen LogP contribution is -2.26. The lowest BCUT2D eigenvalue weighted by molar-refractivity contribution is 0.0950. The fourth-order valence-corrected chi connectivity index (χ4v) is 2.49. The van der Waals surface area contributed by atoms with Crippen LogP contribution in [0.25, 0.3) is 0 Å². The monoisotopic (exact) mass is 331 g/mol. The van der Waals surface area contributed by atoms with Crippen molar-refractivity contribution in [3.05, 3.63) is 63.8 Å². The van der Waals surface area contributed by atoms with Gasteiger partial charge in [-0.2, -0.15) is 0 Å². The maximum Gasteiger partial charge on any atom is 0.253 e. The molecule has 0 atom stereocenters. The number of amides is 1. The summed E-state index contributed by atoms with van der Waals surface area (Å²) in [6, 6.07) is 7.79. The fraction of sp³-hybridized carbons (Fsp3) is 0.333. The van der Waals surface area contributed by atoms with Gasteiger partial charge in [-0.15, -0.1) is 0 Å². The standard InChI is InChI=1S/C18H22FN3O2/c1-4-22(5-2)16-8-6-13(10-15(16)19)11-20-18(24)14-7-9-17(23)21(3)12-14/h6-10,12H,4-5,11H2,1-3H3,(H,20,24). The highest BCUT2D eigenvalue weighted by atomic mass is 19.1. The summed E-state index contributed by atoms with van der Waals surface area (Å²) in [7, 11) is 1.58. The normalized spacial score (nSPS) is 10.5. The molecule has 0 aliphatic heterocycles. The number of halogens is 1. The molecule has 1 amide bonds. The number of anilines is 1. The Kier molecular flexibility index (Phi) is 5.73. The smallest absolute Gasteiger partial charge is 0.253 e. The van der Waals surface area contributed by atoms with Crippen LogP contribution < -0.4 is 15.8 Å². The number of aromatic nitrogens is 1. The predicted molar refractivity (Wildman–Crippen MR) is 92.8 cm³/mol. The van der Waals surface area contributed by atoms with E-state index in [9.17, 15) is 14.0 Å². The van der Waals surface area contributed by atoms with Crippen molar-refractivity contribution in [1.29, 1.82) is 0 Å². The van der Waals surface area contributed by atoms with Crippen LogP contribution in [0.5, 0.6) is 0 Å². The van der Waals surface area contributed by atoms with Crippen molar-refractivity contribution in [1.82, 2.24) is 9.88 Å². The average Bonchev–Trinajstić information content (AvgIpc) is 2.57. The van der Waals surface area contributed by atoms with Crippen LogP contribution in [0, 0.1) is 5.82 Å². The minimum absolute atomic E-state index is 0.180. The van der Waals surface area contributed by atoms with Gasteiger partial charge in [0.2, 0.25) is 5.56 Å². The molecule has 0 radical (unpaired) electrons. The maximum atomic E-state index is 14.2. The number of rotatable bonds is 6. The van der Waals surface area contributed by atoms with Gasteiger partial charge < -0.3 is 14.8 Å². The van der Waals surface area contributed by atoms with Gasteiger partial charge in [-0.1, -0.05) is 6.07 Å². The highest BCUT2D eigenvalue weighted by Crippen LogP contribution is 2.20. The van der Waals surface area contributed by atoms with Crippen LogP contribution in [-0.4, -0.2) is 23.6 Å². The Bertz CT molecular complexity index is 782. The second-order valence-electron chi connectivity index (χ2n) is 5.51. The van der Waals surface area contributed by atoms with Gasteiger partial charge in [0.15, 0.2) is 0 Å². The molecule has 2 aromatic rings. The van der Waals surface area contributed by atoms with Gasteiger partial charge in [-0.25, -0.2) is 4.39 Å². The number of carbonyl (C=O) groups is 1. The molecule has 1 aromatic carbocycles. The van der Waals surface area contributed by atoms with E-state index in [1.807, 2.05) is 18.7 Å². The summed E-state index contributed by atoms with van der Waals surface area (Å²) in [6.45, 7) is 5.64. The van der Waals surface area contributed by atoms with E-state index in [1.54, 1.807) is 19.2 Å². The van der Waals surface area contributed by atoms with Crippen LogP contribution in [0.2, 0.25) is 0 Å². The Morgan fingerprint density at radius 2 is 1.92 bits per heavy atom. The topological polar surface area (TPSA) is 54.3 Å². The van der Waals surface area contributed by atoms with E-state index in [0.717, 1.165) is 13.1 Å². The Morgan fingerprint density at radius 3 is 2.50 bits per heavy atom. The zero-order chi connectivity index (χ0) is 17.7. The molecule has 1 N–H and O–H groups in total. The van der Waals surface area contributed by atoms with Crippen molar-refractivity contribution in [2.24, 2.45) is 7.05 Å². The van der Waals surface area contributed by atoms with Gasteiger partial charge >= 0.3 is 0 Å². The number of nitrogens with one attached hydrogen (secondary N) is 1. The molecule has 0 bridgehead atoms. The van der Waals surface area contributed by atoms with Crippen LogP contribution in [0.4, 0.5) is 10.1 Å². The van der Waals surface area contributed by atoms with E-state index in [2.05, 4.69) is 5.32 Å². The van der Waals surface area contributed by atoms with E-state index in [4.69, 9.17) is 0 Å². The van der Waals surface area contributed by atoms with Crippen LogP contribution >= 0.6 is 0 Å². The number of hydrogen-bond acceptors (Lipinski definition) is 3. The van der Waals surface area contributed by atoms with Gasteiger partial charge in [0.05, 0.1) is 11.3 Å². The lowest BCUT2D eigenvalue weighted by atomic mass is 10.1. The third-order valence-electron chi connectivity index (χ3n) is 3.92. The summed E-state index contributed by atoms with van der Waals surface area (Å²) < 4.78 is 15.6. The van der Waals surface area contributed by atoms with E-state index in [-0.39, 0.29) is 23.8 Å². The minimum Gasteiger partial charge on any atom is -0.370 e. The van der Waals surface area contributed by atoms with Crippen molar-refractivity contribution < 1.29 is 9.18 Å². The van der Waals surface area contributed by atoms with Gasteiger partial charge in [-0.05, 0) is 37.6 Å². The van der Waals surface area contributed by atoms with Crippen molar-refractivity contribution in [3.8, 4) is 0 Å². The molecular weight excluding hydrogens is 309 g/mol. The van der Waals surface area contributed by atoms with Crippen molar-refractivity contribution in [3.63, 3.8) is 0 Å². The van der Waals surface area contributed by atoms with E-state index < -0.39 is 0 Å². The molecule has 6 heteroatoms. The Morgan fingerprint density at radius 1 is 1.21 bits per heavy atom. The maximum absolute atomic E-state index is 14.2. The molecule has 24 heavy (non-hydrogen) atoms. The predicted octanol–water partition coefficient (Wildman–Crippen LogP) is 2.30. The lowest BCUT2D eigenvalue weighted by Gasteiger charge is -2.22. The molecule has 0 fully saturated rings. The largest absolute Gasteiger partial charge is 0.370 e. The highest BCUT2D eigenvalue weighted by Gasteiger charge is 2.10. The van der Waals surface area contributed by atoms with E-state index in [1.165, 1.54) is 29.0 Å². The third kappa shape index (κ3) is 4.01. The zero-order valence-electron chi connectivity index (χ0n) is 14.2. The summed E-state index contributed by atoms with van der Waals surface area (Å²) in [4.78, 5) is 25.4. The molecule has 1 heterocycles. The quantitative estimate of drug-likeness (QED) is 0.884. The Hall–Kier alpha value is -2.63. The fourth-order valence-electron chi connectivity index (χ4n) is 2.49. The molecule has 2 rings (SSSR count). The molecule has 0 saturated carbocycles. The first-order valence-electron chi connectivity index (χ1n) is 7.94. The number of pyridine rings is 1. The molecular formula is C18H22FN3O2. The summed E-state index contributed by atoms with van der Waals surface area (Å²) in [5.74, 6) is -0.605. The summed E-state index contributed by atoms with van der Waals surface area (Å²) in [5.41, 5.74) is 1.45. The molecule has 5 nitrogen and oxygen atoms in total. The first-order valence-corrected chi connectivity index (χ1v) is 7.94. The van der Waals surface area contributed by atoms with Crippen LogP contribution in [0.1, 0.15) is 29.8 Å². The summed E-state index contributed by atoms with van der Waals surface area (Å²) in [6.07, 6.45) is 1.47. The zero-order valence-corrected chi connectivity index (χ0v) is 14.2. The van der Waals surface area contributed by atoms with E-state index >= 15 is 0 Å². The van der Waals surface area contributed by atoms with Crippen LogP contribution in [-0.2, 0) is 13.6 Å². The van der Waals surface area contributed by atoms with Crippen LogP contribution in [0.3, 0.4) is 0 Å². The minimum atomic E-state index is -0.307. The SMILES string of the molecule is CCN(CC)c1ccc(CNC(=O)c2ccc(=O)n(C)c2)cc1F. The van der Waals surface area contributed by atoms with Gasteiger partial charge in [0.1, 0.15) is 5.82 Å².